The lowest BCUT2D eigenvalue weighted by molar-refractivity contribution is 0.0695. The summed E-state index contributed by atoms with van der Waals surface area (Å²) in [7, 11) is 0. The Bertz CT molecular complexity index is 961. The second-order valence-corrected chi connectivity index (χ2v) is 9.35. The lowest BCUT2D eigenvalue weighted by Crippen LogP contribution is -2.48. The van der Waals surface area contributed by atoms with Gasteiger partial charge in [-0.2, -0.15) is 0 Å². The molecular formula is C28H40BN3O2. The van der Waals surface area contributed by atoms with Crippen molar-refractivity contribution in [1.82, 2.24) is 16.0 Å². The fourth-order valence-corrected chi connectivity index (χ4v) is 5.16. The third-order valence-corrected chi connectivity index (χ3v) is 7.00. The van der Waals surface area contributed by atoms with Crippen LogP contribution < -0.4 is 16.0 Å². The molecule has 1 aliphatic rings. The zero-order valence-electron chi connectivity index (χ0n) is 21.0. The van der Waals surface area contributed by atoms with Gasteiger partial charge in [-0.05, 0) is 67.1 Å². The second kappa shape index (κ2) is 12.8. The third-order valence-electron chi connectivity index (χ3n) is 7.00. The van der Waals surface area contributed by atoms with Crippen molar-refractivity contribution in [2.45, 2.75) is 64.7 Å². The van der Waals surface area contributed by atoms with Crippen LogP contribution in [0.2, 0.25) is 6.32 Å². The predicted molar refractivity (Wildman–Crippen MR) is 143 cm³/mol. The van der Waals surface area contributed by atoms with Gasteiger partial charge in [0.1, 0.15) is 0 Å². The average Bonchev–Trinajstić information content (AvgIpc) is 2.83. The van der Waals surface area contributed by atoms with Crippen molar-refractivity contribution in [3.8, 4) is 0 Å². The Morgan fingerprint density at radius 3 is 2.56 bits per heavy atom. The molecule has 2 aromatic carbocycles. The zero-order chi connectivity index (χ0) is 24.5. The smallest absolute Gasteiger partial charge is 0.335 e. The van der Waals surface area contributed by atoms with Gasteiger partial charge in [0.05, 0.1) is 5.56 Å². The summed E-state index contributed by atoms with van der Waals surface area (Å²) in [5, 5.41) is 20.3. The van der Waals surface area contributed by atoms with Gasteiger partial charge in [0.2, 0.25) is 0 Å². The molecule has 2 unspecified atom stereocenters. The summed E-state index contributed by atoms with van der Waals surface area (Å²) in [6.07, 6.45) is 4.50. The Hall–Kier alpha value is -2.57. The number of carbonyl (C=O) groups is 1. The molecule has 1 heterocycles. The minimum absolute atomic E-state index is 0.275. The predicted octanol–water partition coefficient (Wildman–Crippen LogP) is 4.44. The molecule has 4 N–H and O–H groups in total. The van der Waals surface area contributed by atoms with E-state index in [1.807, 2.05) is 6.07 Å². The van der Waals surface area contributed by atoms with Gasteiger partial charge in [-0.3, -0.25) is 0 Å². The van der Waals surface area contributed by atoms with Gasteiger partial charge >= 0.3 is 5.97 Å². The Morgan fingerprint density at radius 1 is 1.15 bits per heavy atom. The van der Waals surface area contributed by atoms with Gasteiger partial charge in [-0.25, -0.2) is 4.79 Å². The number of rotatable bonds is 13. The Morgan fingerprint density at radius 2 is 1.91 bits per heavy atom. The molecule has 0 bridgehead atoms. The van der Waals surface area contributed by atoms with Crippen molar-refractivity contribution >= 4 is 12.7 Å². The molecule has 182 valence electrons. The van der Waals surface area contributed by atoms with Crippen molar-refractivity contribution in [2.75, 3.05) is 19.6 Å². The Labute approximate surface area is 205 Å². The highest BCUT2D eigenvalue weighted by Crippen LogP contribution is 2.27. The molecule has 3 rings (SSSR count). The molecule has 0 fully saturated rings. The zero-order valence-corrected chi connectivity index (χ0v) is 21.0. The number of benzene rings is 2. The summed E-state index contributed by atoms with van der Waals surface area (Å²) in [4.78, 5) is 11.7. The summed E-state index contributed by atoms with van der Waals surface area (Å²) >= 11 is 0. The van der Waals surface area contributed by atoms with E-state index in [1.54, 1.807) is 6.07 Å². The molecule has 5 nitrogen and oxygen atoms in total. The van der Waals surface area contributed by atoms with E-state index in [0.717, 1.165) is 68.4 Å². The molecule has 0 spiro atoms. The van der Waals surface area contributed by atoms with E-state index in [9.17, 15) is 9.90 Å². The van der Waals surface area contributed by atoms with Crippen LogP contribution in [0.25, 0.3) is 0 Å². The number of carboxylic acids is 1. The molecule has 2 atom stereocenters. The first-order chi connectivity index (χ1) is 16.5. The molecule has 1 aliphatic heterocycles. The summed E-state index contributed by atoms with van der Waals surface area (Å²) in [6, 6.07) is 14.9. The first-order valence-corrected chi connectivity index (χ1v) is 12.8. The molecule has 0 aromatic heterocycles. The second-order valence-electron chi connectivity index (χ2n) is 9.35. The molecule has 0 radical (unpaired) electrons. The van der Waals surface area contributed by atoms with Gasteiger partial charge in [-0.1, -0.05) is 70.1 Å². The van der Waals surface area contributed by atoms with Crippen LogP contribution >= 0.6 is 0 Å². The number of carboxylic acid groups (broad SMARTS) is 1. The van der Waals surface area contributed by atoms with Crippen molar-refractivity contribution in [1.29, 1.82) is 0 Å². The van der Waals surface area contributed by atoms with Gasteiger partial charge in [0.15, 0.2) is 6.71 Å². The van der Waals surface area contributed by atoms with Crippen LogP contribution in [-0.4, -0.2) is 43.4 Å². The maximum atomic E-state index is 11.7. The van der Waals surface area contributed by atoms with E-state index in [1.165, 1.54) is 11.1 Å². The molecule has 2 aromatic rings. The van der Waals surface area contributed by atoms with E-state index < -0.39 is 5.97 Å². The van der Waals surface area contributed by atoms with Crippen molar-refractivity contribution in [2.24, 2.45) is 0 Å². The largest absolute Gasteiger partial charge is 0.478 e. The summed E-state index contributed by atoms with van der Waals surface area (Å²) < 4.78 is 0. The highest BCUT2D eigenvalue weighted by Gasteiger charge is 2.32. The van der Waals surface area contributed by atoms with Crippen molar-refractivity contribution in [3.05, 3.63) is 82.6 Å². The van der Waals surface area contributed by atoms with E-state index in [-0.39, 0.29) is 5.94 Å². The highest BCUT2D eigenvalue weighted by atomic mass is 16.4. The van der Waals surface area contributed by atoms with Gasteiger partial charge in [-0.15, -0.1) is 0 Å². The average molecular weight is 461 g/mol. The standard InChI is InChI=1S/C28H40BN3O2/c1-5-29-19-25-23(9-8-10-24(25)28(33)34)18-27(29)32-20(4)17-21-11-13-22(14-12-21)26(31-7-3)15-16-30-6-2/h8-14,26-27,30-32H,4-7,15-19H2,1-3H3,(H,33,34). The summed E-state index contributed by atoms with van der Waals surface area (Å²) in [5.41, 5.74) is 6.20. The summed E-state index contributed by atoms with van der Waals surface area (Å²) in [6.45, 7) is 14.2. The molecule has 0 aliphatic carbocycles. The first kappa shape index (κ1) is 26.0. The van der Waals surface area contributed by atoms with Gasteiger partial charge < -0.3 is 21.1 Å². The lowest BCUT2D eigenvalue weighted by Gasteiger charge is -2.33. The summed E-state index contributed by atoms with van der Waals surface area (Å²) in [5.74, 6) is -0.554. The van der Waals surface area contributed by atoms with Crippen LogP contribution in [0.1, 0.15) is 65.8 Å². The van der Waals surface area contributed by atoms with Crippen molar-refractivity contribution < 1.29 is 9.90 Å². The molecule has 0 amide bonds. The first-order valence-electron chi connectivity index (χ1n) is 12.8. The highest BCUT2D eigenvalue weighted by molar-refractivity contribution is 6.60. The van der Waals surface area contributed by atoms with Gasteiger partial charge in [0, 0.05) is 24.1 Å². The lowest BCUT2D eigenvalue weighted by atomic mass is 9.36. The number of hydrogen-bond donors (Lipinski definition) is 4. The van der Waals surface area contributed by atoms with Crippen molar-refractivity contribution in [3.63, 3.8) is 0 Å². The maximum Gasteiger partial charge on any atom is 0.335 e. The minimum atomic E-state index is -0.830. The number of aromatic carboxylic acids is 1. The Balaban J connectivity index is 1.62. The van der Waals surface area contributed by atoms with Crippen LogP contribution in [-0.2, 0) is 19.2 Å². The van der Waals surface area contributed by atoms with Crippen LogP contribution in [0.3, 0.4) is 0 Å². The topological polar surface area (TPSA) is 73.4 Å². The number of nitrogens with one attached hydrogen (secondary N) is 3. The minimum Gasteiger partial charge on any atom is -0.478 e. The van der Waals surface area contributed by atoms with Crippen LogP contribution in [0.15, 0.2) is 54.7 Å². The molecule has 0 saturated carbocycles. The molecule has 0 saturated heterocycles. The van der Waals surface area contributed by atoms with E-state index in [2.05, 4.69) is 73.6 Å². The molecular weight excluding hydrogens is 421 g/mol. The molecule has 6 heteroatoms. The van der Waals surface area contributed by atoms with E-state index in [0.29, 0.717) is 18.3 Å². The van der Waals surface area contributed by atoms with Crippen LogP contribution in [0.4, 0.5) is 0 Å². The fourth-order valence-electron chi connectivity index (χ4n) is 5.16. The van der Waals surface area contributed by atoms with E-state index in [4.69, 9.17) is 0 Å². The number of fused-ring (bicyclic) bond motifs is 1. The van der Waals surface area contributed by atoms with Gasteiger partial charge in [0.25, 0.3) is 0 Å². The maximum absolute atomic E-state index is 11.7. The van der Waals surface area contributed by atoms with E-state index >= 15 is 0 Å². The van der Waals surface area contributed by atoms with Crippen LogP contribution in [0.5, 0.6) is 0 Å². The Kier molecular flexibility index (Phi) is 9.79. The number of allylic oxidation sites excluding steroid dienone is 1. The quantitative estimate of drug-likeness (QED) is 0.262. The molecule has 34 heavy (non-hydrogen) atoms. The normalized spacial score (nSPS) is 16.1. The fraction of sp³-hybridized carbons (Fsp3) is 0.464. The third kappa shape index (κ3) is 6.74. The SMILES string of the molecule is C=C(Cc1ccc(C(CCNCC)NCC)cc1)NC1Cc2cccc(C(=O)O)c2CB1CC. The van der Waals surface area contributed by atoms with Crippen LogP contribution in [0, 0.1) is 0 Å². The monoisotopic (exact) mass is 461 g/mol. The number of hydrogen-bond acceptors (Lipinski definition) is 4.